The Labute approximate surface area is 165 Å². The first-order valence-electron chi connectivity index (χ1n) is 7.62. The van der Waals surface area contributed by atoms with E-state index in [1.54, 1.807) is 37.4 Å². The van der Waals surface area contributed by atoms with Gasteiger partial charge in [0, 0.05) is 17.1 Å². The van der Waals surface area contributed by atoms with Crippen LogP contribution in [0.2, 0.25) is 5.02 Å². The third-order valence-electron chi connectivity index (χ3n) is 3.51. The first-order valence-corrected chi connectivity index (χ1v) is 8.79. The van der Waals surface area contributed by atoms with Gasteiger partial charge in [0.25, 0.3) is 5.91 Å². The molecule has 0 aliphatic carbocycles. The number of rotatable bonds is 8. The Morgan fingerprint density at radius 2 is 1.73 bits per heavy atom. The van der Waals surface area contributed by atoms with E-state index in [2.05, 4.69) is 21.2 Å². The summed E-state index contributed by atoms with van der Waals surface area (Å²) in [6.45, 7) is 0.128. The van der Waals surface area contributed by atoms with Gasteiger partial charge in [-0.1, -0.05) is 11.6 Å². The Bertz CT molecular complexity index is 784. The van der Waals surface area contributed by atoms with Gasteiger partial charge in [0.2, 0.25) is 5.75 Å². The Morgan fingerprint density at radius 1 is 1.04 bits per heavy atom. The Hall–Kier alpha value is -2.12. The summed E-state index contributed by atoms with van der Waals surface area (Å²) in [5.74, 6) is 1.80. The summed E-state index contributed by atoms with van der Waals surface area (Å²) in [4.78, 5) is 12.1. The average molecular weight is 445 g/mol. The molecule has 0 aliphatic heterocycles. The number of halogens is 2. The van der Waals surface area contributed by atoms with E-state index in [0.29, 0.717) is 32.5 Å². The number of hydrogen-bond acceptors (Lipinski definition) is 5. The van der Waals surface area contributed by atoms with Gasteiger partial charge >= 0.3 is 0 Å². The summed E-state index contributed by atoms with van der Waals surface area (Å²) < 4.78 is 22.1. The molecule has 26 heavy (non-hydrogen) atoms. The molecule has 0 radical (unpaired) electrons. The second kappa shape index (κ2) is 9.54. The molecular formula is C18H19BrClNO5. The largest absolute Gasteiger partial charge is 0.493 e. The molecule has 6 nitrogen and oxygen atoms in total. The van der Waals surface area contributed by atoms with Gasteiger partial charge in [-0.3, -0.25) is 4.79 Å². The summed E-state index contributed by atoms with van der Waals surface area (Å²) in [6.07, 6.45) is 0. The Morgan fingerprint density at radius 3 is 2.35 bits per heavy atom. The molecule has 140 valence electrons. The van der Waals surface area contributed by atoms with E-state index in [-0.39, 0.29) is 19.1 Å². The SMILES string of the molecule is COc1ccc(CNC(=O)COc2ccc(Cl)cc2Br)c(OC)c1OC. The maximum Gasteiger partial charge on any atom is 0.258 e. The van der Waals surface area contributed by atoms with E-state index in [9.17, 15) is 4.79 Å². The number of amides is 1. The van der Waals surface area contributed by atoms with Crippen LogP contribution in [0, 0.1) is 0 Å². The smallest absolute Gasteiger partial charge is 0.258 e. The van der Waals surface area contributed by atoms with Gasteiger partial charge in [0.05, 0.1) is 25.8 Å². The van der Waals surface area contributed by atoms with Crippen LogP contribution in [0.1, 0.15) is 5.56 Å². The molecule has 8 heteroatoms. The first kappa shape index (κ1) is 20.2. The van der Waals surface area contributed by atoms with Crippen LogP contribution in [0.5, 0.6) is 23.0 Å². The van der Waals surface area contributed by atoms with E-state index < -0.39 is 0 Å². The standard InChI is InChI=1S/C18H19BrClNO5/c1-23-15-6-4-11(17(24-2)18(15)25-3)9-21-16(22)10-26-14-7-5-12(20)8-13(14)19/h4-8H,9-10H2,1-3H3,(H,21,22). The molecule has 0 fully saturated rings. The molecule has 2 aromatic rings. The molecule has 0 saturated heterocycles. The monoisotopic (exact) mass is 443 g/mol. The number of carbonyl (C=O) groups excluding carboxylic acids is 1. The van der Waals surface area contributed by atoms with Crippen molar-refractivity contribution in [1.82, 2.24) is 5.32 Å². The molecule has 0 atom stereocenters. The highest BCUT2D eigenvalue weighted by molar-refractivity contribution is 9.10. The van der Waals surface area contributed by atoms with Gasteiger partial charge in [-0.2, -0.15) is 0 Å². The average Bonchev–Trinajstić information content (AvgIpc) is 2.64. The van der Waals surface area contributed by atoms with E-state index in [0.717, 1.165) is 5.56 Å². The molecule has 0 unspecified atom stereocenters. The normalized spacial score (nSPS) is 10.2. The van der Waals surface area contributed by atoms with Crippen LogP contribution in [-0.2, 0) is 11.3 Å². The lowest BCUT2D eigenvalue weighted by molar-refractivity contribution is -0.123. The fourth-order valence-electron chi connectivity index (χ4n) is 2.28. The van der Waals surface area contributed by atoms with Crippen LogP contribution in [0.25, 0.3) is 0 Å². The summed E-state index contributed by atoms with van der Waals surface area (Å²) in [5, 5.41) is 3.36. The predicted octanol–water partition coefficient (Wildman–Crippen LogP) is 3.82. The molecule has 0 bridgehead atoms. The number of methoxy groups -OCH3 is 3. The Balaban J connectivity index is 1.98. The van der Waals surface area contributed by atoms with Gasteiger partial charge < -0.3 is 24.3 Å². The quantitative estimate of drug-likeness (QED) is 0.670. The van der Waals surface area contributed by atoms with Crippen molar-refractivity contribution in [2.75, 3.05) is 27.9 Å². The van der Waals surface area contributed by atoms with Crippen LogP contribution in [0.3, 0.4) is 0 Å². The predicted molar refractivity (Wildman–Crippen MR) is 103 cm³/mol. The van der Waals surface area contributed by atoms with Crippen LogP contribution in [0.15, 0.2) is 34.8 Å². The van der Waals surface area contributed by atoms with Gasteiger partial charge in [-0.15, -0.1) is 0 Å². The molecule has 0 heterocycles. The van der Waals surface area contributed by atoms with Gasteiger partial charge in [-0.25, -0.2) is 0 Å². The van der Waals surface area contributed by atoms with E-state index in [1.807, 2.05) is 0 Å². The number of nitrogens with one attached hydrogen (secondary N) is 1. The molecule has 2 aromatic carbocycles. The van der Waals surface area contributed by atoms with E-state index in [4.69, 9.17) is 30.5 Å². The number of ether oxygens (including phenoxy) is 4. The minimum absolute atomic E-state index is 0.129. The zero-order valence-corrected chi connectivity index (χ0v) is 16.9. The third-order valence-corrected chi connectivity index (χ3v) is 4.37. The highest BCUT2D eigenvalue weighted by Crippen LogP contribution is 2.39. The fraction of sp³-hybridized carbons (Fsp3) is 0.278. The minimum atomic E-state index is -0.274. The van der Waals surface area contributed by atoms with Crippen LogP contribution in [-0.4, -0.2) is 33.8 Å². The maximum absolute atomic E-state index is 12.1. The second-order valence-corrected chi connectivity index (χ2v) is 6.42. The van der Waals surface area contributed by atoms with Crippen molar-refractivity contribution in [1.29, 1.82) is 0 Å². The number of hydrogen-bond donors (Lipinski definition) is 1. The lowest BCUT2D eigenvalue weighted by Crippen LogP contribution is -2.28. The Kier molecular flexibility index (Phi) is 7.41. The van der Waals surface area contributed by atoms with Gasteiger partial charge in [0.15, 0.2) is 18.1 Å². The van der Waals surface area contributed by atoms with Gasteiger partial charge in [0.1, 0.15) is 5.75 Å². The van der Waals surface area contributed by atoms with E-state index in [1.165, 1.54) is 14.2 Å². The van der Waals surface area contributed by atoms with Crippen molar-refractivity contribution in [3.8, 4) is 23.0 Å². The molecule has 0 aliphatic rings. The van der Waals surface area contributed by atoms with Crippen molar-refractivity contribution >= 4 is 33.4 Å². The highest BCUT2D eigenvalue weighted by Gasteiger charge is 2.16. The van der Waals surface area contributed by atoms with Crippen molar-refractivity contribution in [3.05, 3.63) is 45.4 Å². The molecule has 0 spiro atoms. The zero-order valence-electron chi connectivity index (χ0n) is 14.6. The fourth-order valence-corrected chi connectivity index (χ4v) is 3.08. The molecule has 1 N–H and O–H groups in total. The van der Waals surface area contributed by atoms with Crippen LogP contribution < -0.4 is 24.3 Å². The number of benzene rings is 2. The lowest BCUT2D eigenvalue weighted by atomic mass is 10.1. The molecular weight excluding hydrogens is 426 g/mol. The van der Waals surface area contributed by atoms with Crippen LogP contribution >= 0.6 is 27.5 Å². The summed E-state index contributed by atoms with van der Waals surface area (Å²) in [7, 11) is 4.61. The van der Waals surface area contributed by atoms with Crippen molar-refractivity contribution in [3.63, 3.8) is 0 Å². The van der Waals surface area contributed by atoms with Gasteiger partial charge in [-0.05, 0) is 46.3 Å². The molecule has 0 saturated carbocycles. The maximum atomic E-state index is 12.1. The molecule has 1 amide bonds. The highest BCUT2D eigenvalue weighted by atomic mass is 79.9. The lowest BCUT2D eigenvalue weighted by Gasteiger charge is -2.16. The minimum Gasteiger partial charge on any atom is -0.493 e. The summed E-state index contributed by atoms with van der Waals surface area (Å²) >= 11 is 9.21. The molecule has 0 aromatic heterocycles. The van der Waals surface area contributed by atoms with Crippen molar-refractivity contribution in [2.24, 2.45) is 0 Å². The first-order chi connectivity index (χ1) is 12.5. The van der Waals surface area contributed by atoms with Crippen LogP contribution in [0.4, 0.5) is 0 Å². The second-order valence-electron chi connectivity index (χ2n) is 5.13. The number of carbonyl (C=O) groups is 1. The summed E-state index contributed by atoms with van der Waals surface area (Å²) in [6, 6.07) is 8.63. The molecule has 2 rings (SSSR count). The zero-order chi connectivity index (χ0) is 19.1. The summed E-state index contributed by atoms with van der Waals surface area (Å²) in [5.41, 5.74) is 0.756. The third kappa shape index (κ3) is 4.95. The van der Waals surface area contributed by atoms with Crippen molar-refractivity contribution in [2.45, 2.75) is 6.54 Å². The topological polar surface area (TPSA) is 66.0 Å². The van der Waals surface area contributed by atoms with Crippen molar-refractivity contribution < 1.29 is 23.7 Å². The van der Waals surface area contributed by atoms with E-state index >= 15 is 0 Å².